The maximum absolute atomic E-state index is 9.20. The highest BCUT2D eigenvalue weighted by molar-refractivity contribution is 4.69. The van der Waals surface area contributed by atoms with Crippen LogP contribution >= 0.6 is 0 Å². The van der Waals surface area contributed by atoms with Crippen LogP contribution < -0.4 is 0 Å². The normalized spacial score (nSPS) is 24.2. The molecule has 1 rings (SSSR count). The molecule has 0 aliphatic carbocycles. The summed E-state index contributed by atoms with van der Waals surface area (Å²) in [6.45, 7) is 4.84. The Kier molecular flexibility index (Phi) is 3.94. The molecule has 1 fully saturated rings. The maximum atomic E-state index is 9.20. The average Bonchev–Trinajstić information content (AvgIpc) is 2.09. The highest BCUT2D eigenvalue weighted by Crippen LogP contribution is 2.00. The lowest BCUT2D eigenvalue weighted by Crippen LogP contribution is -2.47. The quantitative estimate of drug-likeness (QED) is 0.568. The Bertz CT molecular complexity index is 124. The largest absolute Gasteiger partial charge is 0.367 e. The van der Waals surface area contributed by atoms with E-state index in [0.29, 0.717) is 6.54 Å². The Morgan fingerprint density at radius 3 is 2.42 bits per heavy atom. The molecule has 72 valence electrons. The summed E-state index contributed by atoms with van der Waals surface area (Å²) in [5.41, 5.74) is 0. The highest BCUT2D eigenvalue weighted by Gasteiger charge is 2.15. The summed E-state index contributed by atoms with van der Waals surface area (Å²) in [7, 11) is 3.64. The first-order valence-corrected chi connectivity index (χ1v) is 4.34. The number of β-amino-alcohol motifs (C(OH)–C–C–N with tert-alkyl or cyclic N) is 1. The van der Waals surface area contributed by atoms with Gasteiger partial charge in [-0.2, -0.15) is 0 Å². The third-order valence-electron chi connectivity index (χ3n) is 2.28. The van der Waals surface area contributed by atoms with Crippen molar-refractivity contribution in [1.29, 1.82) is 0 Å². The Balaban J connectivity index is 2.17. The van der Waals surface area contributed by atoms with E-state index in [9.17, 15) is 5.11 Å². The number of ether oxygens (including phenoxy) is 1. The lowest BCUT2D eigenvalue weighted by molar-refractivity contribution is -0.0942. The molecule has 0 saturated carbocycles. The zero-order valence-corrected chi connectivity index (χ0v) is 7.86. The van der Waals surface area contributed by atoms with Gasteiger partial charge in [0.15, 0.2) is 6.29 Å². The van der Waals surface area contributed by atoms with Crippen molar-refractivity contribution >= 4 is 0 Å². The molecule has 1 unspecified atom stereocenters. The number of likely N-dealkylation sites (N-methyl/N-ethyl adjacent to an activating group) is 1. The predicted molar refractivity (Wildman–Crippen MR) is 47.0 cm³/mol. The van der Waals surface area contributed by atoms with Gasteiger partial charge in [0.2, 0.25) is 0 Å². The number of aliphatic hydroxyl groups excluding tert-OH is 1. The fraction of sp³-hybridized carbons (Fsp3) is 1.00. The van der Waals surface area contributed by atoms with Crippen LogP contribution in [0.2, 0.25) is 0 Å². The molecule has 0 aromatic carbocycles. The summed E-state index contributed by atoms with van der Waals surface area (Å²) in [4.78, 5) is 4.50. The van der Waals surface area contributed by atoms with Crippen molar-refractivity contribution in [2.45, 2.75) is 6.29 Å². The summed E-state index contributed by atoms with van der Waals surface area (Å²) < 4.78 is 4.78. The van der Waals surface area contributed by atoms with E-state index >= 15 is 0 Å². The van der Waals surface area contributed by atoms with Crippen molar-refractivity contribution in [3.05, 3.63) is 0 Å². The molecule has 0 bridgehead atoms. The van der Waals surface area contributed by atoms with Crippen LogP contribution in [0.3, 0.4) is 0 Å². The molecule has 0 amide bonds. The highest BCUT2D eigenvalue weighted by atomic mass is 16.6. The van der Waals surface area contributed by atoms with E-state index in [4.69, 9.17) is 4.74 Å². The Morgan fingerprint density at radius 2 is 1.92 bits per heavy atom. The van der Waals surface area contributed by atoms with Gasteiger partial charge in [-0.05, 0) is 7.05 Å². The van der Waals surface area contributed by atoms with Crippen LogP contribution in [0.1, 0.15) is 0 Å². The number of piperazine rings is 1. The van der Waals surface area contributed by atoms with Gasteiger partial charge in [-0.3, -0.25) is 4.90 Å². The maximum Gasteiger partial charge on any atom is 0.166 e. The van der Waals surface area contributed by atoms with Gasteiger partial charge in [0, 0.05) is 39.8 Å². The second kappa shape index (κ2) is 4.77. The molecular formula is C8H18N2O2. The van der Waals surface area contributed by atoms with E-state index in [2.05, 4.69) is 16.8 Å². The molecule has 1 heterocycles. The molecule has 1 atom stereocenters. The fourth-order valence-electron chi connectivity index (χ4n) is 1.33. The minimum atomic E-state index is -0.631. The molecule has 4 heteroatoms. The topological polar surface area (TPSA) is 35.9 Å². The molecule has 0 spiro atoms. The third-order valence-corrected chi connectivity index (χ3v) is 2.28. The zero-order valence-electron chi connectivity index (χ0n) is 7.86. The first-order valence-electron chi connectivity index (χ1n) is 4.34. The smallest absolute Gasteiger partial charge is 0.166 e. The van der Waals surface area contributed by atoms with Gasteiger partial charge in [-0.25, -0.2) is 0 Å². The fourth-order valence-corrected chi connectivity index (χ4v) is 1.33. The summed E-state index contributed by atoms with van der Waals surface area (Å²) >= 11 is 0. The van der Waals surface area contributed by atoms with Crippen LogP contribution in [-0.2, 0) is 4.74 Å². The molecule has 1 aliphatic heterocycles. The Morgan fingerprint density at radius 1 is 1.33 bits per heavy atom. The van der Waals surface area contributed by atoms with Gasteiger partial charge >= 0.3 is 0 Å². The van der Waals surface area contributed by atoms with Gasteiger partial charge in [-0.1, -0.05) is 0 Å². The first kappa shape index (κ1) is 9.92. The van der Waals surface area contributed by atoms with Crippen LogP contribution in [0, 0.1) is 0 Å². The molecule has 0 radical (unpaired) electrons. The van der Waals surface area contributed by atoms with Crippen LogP contribution in [-0.4, -0.2) is 68.1 Å². The third kappa shape index (κ3) is 3.06. The molecule has 1 saturated heterocycles. The zero-order chi connectivity index (χ0) is 8.97. The Labute approximate surface area is 73.7 Å². The van der Waals surface area contributed by atoms with E-state index < -0.39 is 6.29 Å². The molecule has 0 aromatic rings. The van der Waals surface area contributed by atoms with Crippen molar-refractivity contribution in [3.8, 4) is 0 Å². The Hall–Kier alpha value is -0.160. The number of rotatable bonds is 3. The van der Waals surface area contributed by atoms with E-state index in [1.165, 1.54) is 7.11 Å². The van der Waals surface area contributed by atoms with Crippen LogP contribution in [0.5, 0.6) is 0 Å². The predicted octanol–water partition coefficient (Wildman–Crippen LogP) is -0.801. The minimum absolute atomic E-state index is 0.629. The molecule has 0 aromatic heterocycles. The lowest BCUT2D eigenvalue weighted by Gasteiger charge is -2.33. The molecule has 4 nitrogen and oxygen atoms in total. The van der Waals surface area contributed by atoms with Gasteiger partial charge in [0.25, 0.3) is 0 Å². The van der Waals surface area contributed by atoms with Crippen molar-refractivity contribution in [3.63, 3.8) is 0 Å². The number of aliphatic hydroxyl groups is 1. The van der Waals surface area contributed by atoms with E-state index in [0.717, 1.165) is 26.2 Å². The lowest BCUT2D eigenvalue weighted by atomic mass is 10.3. The first-order chi connectivity index (χ1) is 5.72. The standard InChI is InChI=1S/C8H18N2O2/c1-9-3-5-10(6-4-9)7-8(11)12-2/h8,11H,3-7H2,1-2H3. The van der Waals surface area contributed by atoms with Crippen molar-refractivity contribution in [2.75, 3.05) is 46.9 Å². The summed E-state index contributed by atoms with van der Waals surface area (Å²) in [6.07, 6.45) is -0.631. The van der Waals surface area contributed by atoms with Gasteiger partial charge < -0.3 is 14.7 Å². The monoisotopic (exact) mass is 174 g/mol. The van der Waals surface area contributed by atoms with Gasteiger partial charge in [0.05, 0.1) is 0 Å². The van der Waals surface area contributed by atoms with E-state index in [1.807, 2.05) is 0 Å². The molecule has 1 aliphatic rings. The minimum Gasteiger partial charge on any atom is -0.367 e. The summed E-state index contributed by atoms with van der Waals surface area (Å²) in [5, 5.41) is 9.20. The SMILES string of the molecule is COC(O)CN1CCN(C)CC1. The molecular weight excluding hydrogens is 156 g/mol. The number of nitrogens with zero attached hydrogens (tertiary/aromatic N) is 2. The average molecular weight is 174 g/mol. The molecule has 12 heavy (non-hydrogen) atoms. The van der Waals surface area contributed by atoms with Crippen molar-refractivity contribution < 1.29 is 9.84 Å². The second-order valence-corrected chi connectivity index (χ2v) is 3.29. The second-order valence-electron chi connectivity index (χ2n) is 3.29. The number of methoxy groups -OCH3 is 1. The number of hydrogen-bond donors (Lipinski definition) is 1. The van der Waals surface area contributed by atoms with E-state index in [-0.39, 0.29) is 0 Å². The van der Waals surface area contributed by atoms with Crippen molar-refractivity contribution in [1.82, 2.24) is 9.80 Å². The van der Waals surface area contributed by atoms with Crippen LogP contribution in [0.15, 0.2) is 0 Å². The van der Waals surface area contributed by atoms with Crippen molar-refractivity contribution in [2.24, 2.45) is 0 Å². The summed E-state index contributed by atoms with van der Waals surface area (Å²) in [6, 6.07) is 0. The van der Waals surface area contributed by atoms with Gasteiger partial charge in [0.1, 0.15) is 0 Å². The molecule has 1 N–H and O–H groups in total. The van der Waals surface area contributed by atoms with E-state index in [1.54, 1.807) is 0 Å². The number of hydrogen-bond acceptors (Lipinski definition) is 4. The van der Waals surface area contributed by atoms with Crippen LogP contribution in [0.25, 0.3) is 0 Å². The summed E-state index contributed by atoms with van der Waals surface area (Å²) in [5.74, 6) is 0. The van der Waals surface area contributed by atoms with Crippen LogP contribution in [0.4, 0.5) is 0 Å². The van der Waals surface area contributed by atoms with Gasteiger partial charge in [-0.15, -0.1) is 0 Å².